The van der Waals surface area contributed by atoms with E-state index in [1.165, 1.54) is 0 Å². The van der Waals surface area contributed by atoms with Crippen molar-refractivity contribution in [3.63, 3.8) is 0 Å². The summed E-state index contributed by atoms with van der Waals surface area (Å²) in [6, 6.07) is -4.95. The summed E-state index contributed by atoms with van der Waals surface area (Å²) >= 11 is 0. The summed E-state index contributed by atoms with van der Waals surface area (Å²) in [5, 5.41) is 260. The number of rotatable bonds is 25. The van der Waals surface area contributed by atoms with E-state index >= 15 is 0 Å². The van der Waals surface area contributed by atoms with E-state index in [4.69, 9.17) is 71.1 Å². The third kappa shape index (κ3) is 17.5. The molecule has 26 N–H and O–H groups in total. The van der Waals surface area contributed by atoms with Gasteiger partial charge in [0.2, 0.25) is 17.7 Å². The van der Waals surface area contributed by atoms with Crippen LogP contribution in [-0.2, 0) is 85.4 Å². The van der Waals surface area contributed by atoms with E-state index < -0.39 is 316 Å². The van der Waals surface area contributed by atoms with Crippen LogP contribution in [0.5, 0.6) is 0 Å². The van der Waals surface area contributed by atoms with Gasteiger partial charge in [0.25, 0.3) is 0 Å². The van der Waals surface area contributed by atoms with E-state index in [0.717, 1.165) is 20.8 Å². The lowest BCUT2D eigenvalue weighted by Crippen LogP contribution is -2.69. The fourth-order valence-electron chi connectivity index (χ4n) is 12.6. The zero-order valence-corrected chi connectivity index (χ0v) is 52.4. The van der Waals surface area contributed by atoms with Crippen LogP contribution < -0.4 is 16.0 Å². The van der Waals surface area contributed by atoms with Crippen molar-refractivity contribution in [1.82, 2.24) is 16.0 Å². The van der Waals surface area contributed by atoms with Crippen molar-refractivity contribution in [2.24, 2.45) is 0 Å². The first kappa shape index (κ1) is 80.6. The Labute approximate surface area is 554 Å². The fourth-order valence-corrected chi connectivity index (χ4v) is 12.6. The van der Waals surface area contributed by atoms with Crippen LogP contribution >= 0.6 is 0 Å². The van der Waals surface area contributed by atoms with Crippen LogP contribution in [0.3, 0.4) is 0 Å². The molecule has 3 amide bonds. The average Bonchev–Trinajstić information content (AvgIpc) is 0.776. The number of hydrogen-bond acceptors (Lipinski definition) is 41. The SMILES string of the molecule is CC(=O)N[C@H]1[C@H](O[C@@H]2[C@H](O)[C@@H](O)[C@H](O[C@@H]3[C@@H](OC[C@H]4O[C@@H](O[C@H]5[C@H](O)[C@@H](NC(C)=O)C(O)O[C@@H]5CO)[C@@H](O)[C@@H](O[C@H]5O[C@H](CO)[C@@H](O)[C@H](O)[C@@H]5O[C@@H]5O[C@H](CO)[C@H](O[C@@H]6O[C@H](CO)[C@@H](O)[C@H](O)[C@H]6NC(C)=O)[C@H](O)[C@H]5O)[C@@H]4O)O[C@H](CO)[C@@H](O)[C@@H]3O)O[C@@H]2CO)O[C@H](CO)[C@@H](O)[C@@H]1O. The van der Waals surface area contributed by atoms with Gasteiger partial charge >= 0.3 is 0 Å². The summed E-state index contributed by atoms with van der Waals surface area (Å²) in [5.41, 5.74) is 0. The third-order valence-electron chi connectivity index (χ3n) is 17.8. The van der Waals surface area contributed by atoms with Crippen molar-refractivity contribution in [3.8, 4) is 0 Å². The van der Waals surface area contributed by atoms with Crippen LogP contribution in [-0.4, -0.2) is 433 Å². The molecule has 8 fully saturated rings. The first-order chi connectivity index (χ1) is 46.4. The predicted molar refractivity (Wildman–Crippen MR) is 299 cm³/mol. The number of carbonyl (C=O) groups excluding carboxylic acids is 3. The van der Waals surface area contributed by atoms with E-state index in [0.29, 0.717) is 0 Å². The van der Waals surface area contributed by atoms with E-state index in [1.807, 2.05) is 0 Å². The average molecular weight is 1440 g/mol. The first-order valence-electron chi connectivity index (χ1n) is 31.1. The molecule has 1 unspecified atom stereocenters. The van der Waals surface area contributed by atoms with Crippen LogP contribution in [0.4, 0.5) is 0 Å². The summed E-state index contributed by atoms with van der Waals surface area (Å²) < 4.78 is 87.2. The molecule has 8 aliphatic rings. The molecular weight excluding hydrogens is 1350 g/mol. The number of aliphatic hydroxyl groups excluding tert-OH is 23. The lowest BCUT2D eigenvalue weighted by molar-refractivity contribution is -0.402. The molecule has 0 bridgehead atoms. The lowest BCUT2D eigenvalue weighted by atomic mass is 9.94. The molecule has 568 valence electrons. The van der Waals surface area contributed by atoms with Crippen molar-refractivity contribution in [2.75, 3.05) is 52.9 Å². The largest absolute Gasteiger partial charge is 0.394 e. The normalized spacial score (nSPS) is 49.5. The monoisotopic (exact) mass is 1440 g/mol. The van der Waals surface area contributed by atoms with Crippen molar-refractivity contribution >= 4 is 17.7 Å². The minimum atomic E-state index is -2.45. The van der Waals surface area contributed by atoms with Gasteiger partial charge in [-0.25, -0.2) is 0 Å². The Morgan fingerprint density at radius 3 is 0.959 bits per heavy atom. The minimum absolute atomic E-state index is 0.774. The van der Waals surface area contributed by atoms with Crippen molar-refractivity contribution < 1.29 is 203 Å². The number of nitrogens with one attached hydrogen (secondary N) is 3. The molecule has 8 heterocycles. The second-order valence-corrected chi connectivity index (χ2v) is 24.6. The predicted octanol–water partition coefficient (Wildman–Crippen LogP) is -18.0. The molecule has 8 saturated heterocycles. The van der Waals surface area contributed by atoms with Gasteiger partial charge in [0, 0.05) is 20.8 Å². The van der Waals surface area contributed by atoms with Gasteiger partial charge in [-0.05, 0) is 0 Å². The van der Waals surface area contributed by atoms with E-state index in [9.17, 15) is 132 Å². The number of aliphatic hydroxyl groups is 23. The maximum Gasteiger partial charge on any atom is 0.217 e. The molecule has 0 aliphatic carbocycles. The highest BCUT2D eigenvalue weighted by Gasteiger charge is 2.60. The second-order valence-electron chi connectivity index (χ2n) is 24.6. The fraction of sp³-hybridized carbons (Fsp3) is 0.944. The molecule has 0 aromatic heterocycles. The van der Waals surface area contributed by atoms with Gasteiger partial charge in [-0.2, -0.15) is 0 Å². The van der Waals surface area contributed by atoms with Gasteiger partial charge < -0.3 is 204 Å². The summed E-state index contributed by atoms with van der Waals surface area (Å²) in [7, 11) is 0. The molecule has 98 heavy (non-hydrogen) atoms. The van der Waals surface area contributed by atoms with Gasteiger partial charge in [-0.3, -0.25) is 14.4 Å². The lowest BCUT2D eigenvalue weighted by Gasteiger charge is -2.50. The molecule has 0 saturated carbocycles. The van der Waals surface area contributed by atoms with E-state index in [2.05, 4.69) is 16.0 Å². The highest BCUT2D eigenvalue weighted by atomic mass is 16.8. The quantitative estimate of drug-likeness (QED) is 0.0404. The molecule has 8 aliphatic heterocycles. The molecule has 44 nitrogen and oxygen atoms in total. The Balaban J connectivity index is 1.07. The Morgan fingerprint density at radius 1 is 0.265 bits per heavy atom. The van der Waals surface area contributed by atoms with Crippen LogP contribution in [0.1, 0.15) is 20.8 Å². The van der Waals surface area contributed by atoms with Crippen LogP contribution in [0.25, 0.3) is 0 Å². The molecule has 8 rings (SSSR count). The summed E-state index contributed by atoms with van der Waals surface area (Å²) in [6.07, 6.45) is -75.6. The minimum Gasteiger partial charge on any atom is -0.394 e. The number of amides is 3. The van der Waals surface area contributed by atoms with Gasteiger partial charge in [0.15, 0.2) is 50.3 Å². The van der Waals surface area contributed by atoms with Gasteiger partial charge in [0.05, 0.1) is 52.9 Å². The molecule has 40 atom stereocenters. The Hall–Kier alpha value is -3.11. The summed E-state index contributed by atoms with van der Waals surface area (Å²) in [6.45, 7) is -5.33. The van der Waals surface area contributed by atoms with Crippen LogP contribution in [0.15, 0.2) is 0 Å². The molecule has 0 aromatic rings. The van der Waals surface area contributed by atoms with Crippen molar-refractivity contribution in [1.29, 1.82) is 0 Å². The Bertz CT molecular complexity index is 2510. The number of ether oxygens (including phenoxy) is 15. The van der Waals surface area contributed by atoms with Gasteiger partial charge in [0.1, 0.15) is 195 Å². The maximum absolute atomic E-state index is 12.3. The highest BCUT2D eigenvalue weighted by Crippen LogP contribution is 2.39. The Morgan fingerprint density at radius 2 is 0.551 bits per heavy atom. The van der Waals surface area contributed by atoms with E-state index in [-0.39, 0.29) is 0 Å². The third-order valence-corrected chi connectivity index (χ3v) is 17.8. The topological polar surface area (TPSA) is 691 Å². The van der Waals surface area contributed by atoms with Gasteiger partial charge in [-0.15, -0.1) is 0 Å². The number of hydrogen-bond donors (Lipinski definition) is 26. The van der Waals surface area contributed by atoms with Crippen molar-refractivity contribution in [2.45, 2.75) is 266 Å². The summed E-state index contributed by atoms with van der Waals surface area (Å²) in [5.74, 6) is -2.38. The highest BCUT2D eigenvalue weighted by molar-refractivity contribution is 5.74. The van der Waals surface area contributed by atoms with Crippen molar-refractivity contribution in [3.05, 3.63) is 0 Å². The van der Waals surface area contributed by atoms with Crippen LogP contribution in [0.2, 0.25) is 0 Å². The number of carbonyl (C=O) groups is 3. The zero-order chi connectivity index (χ0) is 72.2. The molecule has 44 heteroatoms. The van der Waals surface area contributed by atoms with E-state index in [1.54, 1.807) is 0 Å². The van der Waals surface area contributed by atoms with Gasteiger partial charge in [-0.1, -0.05) is 0 Å². The first-order valence-corrected chi connectivity index (χ1v) is 31.1. The van der Waals surface area contributed by atoms with Crippen LogP contribution in [0, 0.1) is 0 Å². The molecular formula is C54H91N3O41. The smallest absolute Gasteiger partial charge is 0.217 e. The zero-order valence-electron chi connectivity index (χ0n) is 52.4. The molecule has 0 aromatic carbocycles. The second kappa shape index (κ2) is 35.1. The molecule has 0 spiro atoms. The standard InChI is InChI=1S/C54H91N3O41/c1-12(65)55-23-33(75)41(19(8-62)85-47(23)83)95-52-40(82)44(96-54-46(35(77)29(71)18(7-61)89-54)98-51-39(81)37(79)43(21(10-64)91-51)94-49-25(57-14(3)67)32(74)27(69)16(5-59)87-49)30(72)22(92-52)11-84-53-45(34(76)28(70)17(6-60)88-53)97-50-38(80)36(78)42(20(9-63)90-50)93-48-24(56-13(2)66)31(73)26(68)15(4-58)86-48/h15-54,58-64,68-83H,4-11H2,1-3H3,(H,55,65)(H,56,66)(H,57,67)/t15-,16-,17-,18-,19-,20-,21-,22-,23-,24-,25-,26-,27-,28-,29-,30-,31-,32-,33-,34+,35+,36-,37-,38-,39-,40+,41-,42+,43+,44+,45+,46+,47?,48+,49+,50+,51+,52+,53+,54-/m1/s1. The summed E-state index contributed by atoms with van der Waals surface area (Å²) in [4.78, 5) is 36.5. The maximum atomic E-state index is 12.3. The Kier molecular flexibility index (Phi) is 28.9. The molecule has 0 radical (unpaired) electrons.